The fraction of sp³-hybridized carbons (Fsp3) is 0.500. The predicted octanol–water partition coefficient (Wildman–Crippen LogP) is 3.32. The van der Waals surface area contributed by atoms with Gasteiger partial charge in [-0.05, 0) is 68.3 Å². The van der Waals surface area contributed by atoms with Crippen LogP contribution in [0.2, 0.25) is 0 Å². The average molecular weight is 356 g/mol. The highest BCUT2D eigenvalue weighted by atomic mass is 32.2. The van der Waals surface area contributed by atoms with Crippen LogP contribution in [0.25, 0.3) is 0 Å². The van der Waals surface area contributed by atoms with Crippen LogP contribution in [-0.2, 0) is 12.8 Å². The highest BCUT2D eigenvalue weighted by Gasteiger charge is 2.38. The quantitative estimate of drug-likeness (QED) is 0.676. The lowest BCUT2D eigenvalue weighted by molar-refractivity contribution is 0.0792. The smallest absolute Gasteiger partial charge is 0.187 e. The molecule has 132 valence electrons. The Morgan fingerprint density at radius 3 is 3.00 bits per heavy atom. The number of benzene rings is 1. The molecule has 0 saturated carbocycles. The lowest BCUT2D eigenvalue weighted by atomic mass is 9.73. The second kappa shape index (κ2) is 6.96. The lowest BCUT2D eigenvalue weighted by Gasteiger charge is -2.46. The number of phenolic OH excluding ortho intramolecular Hbond substituents is 1. The SMILES string of the molecule is Cc1ccnc(SC[C@@H]2CC3Cc4c(O)cccc4C[C@H]3N(C)C2)n1. The molecule has 2 aromatic rings. The van der Waals surface area contributed by atoms with Gasteiger partial charge in [0.2, 0.25) is 0 Å². The van der Waals surface area contributed by atoms with Crippen molar-refractivity contribution in [2.45, 2.75) is 37.4 Å². The average Bonchev–Trinajstić information content (AvgIpc) is 2.60. The first-order valence-electron chi connectivity index (χ1n) is 9.02. The van der Waals surface area contributed by atoms with Crippen molar-refractivity contribution < 1.29 is 5.11 Å². The maximum atomic E-state index is 10.2. The minimum Gasteiger partial charge on any atom is -0.508 e. The Morgan fingerprint density at radius 2 is 2.16 bits per heavy atom. The summed E-state index contributed by atoms with van der Waals surface area (Å²) in [6, 6.07) is 8.52. The molecule has 2 heterocycles. The van der Waals surface area contributed by atoms with E-state index in [-0.39, 0.29) is 0 Å². The number of fused-ring (bicyclic) bond motifs is 2. The number of hydrogen-bond acceptors (Lipinski definition) is 5. The minimum absolute atomic E-state index is 0.475. The van der Waals surface area contributed by atoms with Gasteiger partial charge in [-0.25, -0.2) is 9.97 Å². The number of rotatable bonds is 3. The molecular formula is C20H25N3OS. The summed E-state index contributed by atoms with van der Waals surface area (Å²) in [6.45, 7) is 3.14. The third-order valence-electron chi connectivity index (χ3n) is 5.66. The Labute approximate surface area is 153 Å². The predicted molar refractivity (Wildman–Crippen MR) is 101 cm³/mol. The van der Waals surface area contributed by atoms with E-state index in [2.05, 4.69) is 28.0 Å². The lowest BCUT2D eigenvalue weighted by Crippen LogP contribution is -2.50. The number of aromatic nitrogens is 2. The van der Waals surface area contributed by atoms with Gasteiger partial charge in [0, 0.05) is 30.2 Å². The molecule has 0 amide bonds. The number of likely N-dealkylation sites (N-methyl/N-ethyl adjacent to an activating group) is 1. The first kappa shape index (κ1) is 16.9. The van der Waals surface area contributed by atoms with Crippen LogP contribution in [0.1, 0.15) is 23.2 Å². The summed E-state index contributed by atoms with van der Waals surface area (Å²) in [6.07, 6.45) is 5.13. The molecule has 5 heteroatoms. The molecule has 0 radical (unpaired) electrons. The Bertz CT molecular complexity index is 766. The summed E-state index contributed by atoms with van der Waals surface area (Å²) in [5, 5.41) is 11.1. The van der Waals surface area contributed by atoms with E-state index >= 15 is 0 Å². The highest BCUT2D eigenvalue weighted by Crippen LogP contribution is 2.40. The number of hydrogen-bond donors (Lipinski definition) is 1. The van der Waals surface area contributed by atoms with Crippen molar-refractivity contribution in [1.29, 1.82) is 0 Å². The molecule has 0 bridgehead atoms. The molecule has 1 fully saturated rings. The van der Waals surface area contributed by atoms with E-state index in [0.717, 1.165) is 36.0 Å². The highest BCUT2D eigenvalue weighted by molar-refractivity contribution is 7.99. The normalized spacial score (nSPS) is 26.1. The first-order valence-corrected chi connectivity index (χ1v) is 10.0. The zero-order chi connectivity index (χ0) is 17.4. The number of nitrogens with zero attached hydrogens (tertiary/aromatic N) is 3. The number of aromatic hydroxyl groups is 1. The van der Waals surface area contributed by atoms with Crippen LogP contribution in [-0.4, -0.2) is 45.4 Å². The zero-order valence-electron chi connectivity index (χ0n) is 14.9. The van der Waals surface area contributed by atoms with Gasteiger partial charge in [-0.15, -0.1) is 0 Å². The standard InChI is InChI=1S/C20H25N3OS/c1-13-6-7-21-20(22-13)25-12-14-8-16-9-17-15(4-3-5-19(17)24)10-18(16)23(2)11-14/h3-7,14,16,18,24H,8-12H2,1-2H3/t14-,16?,18-/m1/s1. The van der Waals surface area contributed by atoms with Gasteiger partial charge in [0.05, 0.1) is 0 Å². The summed E-state index contributed by atoms with van der Waals surface area (Å²) in [4.78, 5) is 11.4. The maximum absolute atomic E-state index is 10.2. The zero-order valence-corrected chi connectivity index (χ0v) is 15.7. The monoisotopic (exact) mass is 355 g/mol. The fourth-order valence-corrected chi connectivity index (χ4v) is 5.42. The Balaban J connectivity index is 1.44. The van der Waals surface area contributed by atoms with Crippen LogP contribution in [0, 0.1) is 18.8 Å². The molecule has 1 N–H and O–H groups in total. The van der Waals surface area contributed by atoms with E-state index < -0.39 is 0 Å². The van der Waals surface area contributed by atoms with E-state index in [0.29, 0.717) is 23.6 Å². The van der Waals surface area contributed by atoms with Crippen LogP contribution >= 0.6 is 11.8 Å². The van der Waals surface area contributed by atoms with Crippen molar-refractivity contribution in [3.63, 3.8) is 0 Å². The van der Waals surface area contributed by atoms with E-state index in [1.807, 2.05) is 31.3 Å². The Hall–Kier alpha value is -1.59. The summed E-state index contributed by atoms with van der Waals surface area (Å²) >= 11 is 1.77. The summed E-state index contributed by atoms with van der Waals surface area (Å²) in [7, 11) is 2.26. The van der Waals surface area contributed by atoms with Gasteiger partial charge < -0.3 is 10.0 Å². The van der Waals surface area contributed by atoms with Crippen molar-refractivity contribution in [3.05, 3.63) is 47.3 Å². The topological polar surface area (TPSA) is 49.3 Å². The van der Waals surface area contributed by atoms with Crippen LogP contribution < -0.4 is 0 Å². The number of phenols is 1. The second-order valence-corrected chi connectivity index (χ2v) is 8.47. The molecular weight excluding hydrogens is 330 g/mol. The van der Waals surface area contributed by atoms with Gasteiger partial charge >= 0.3 is 0 Å². The summed E-state index contributed by atoms with van der Waals surface area (Å²) in [5.74, 6) is 2.81. The fourth-order valence-electron chi connectivity index (χ4n) is 4.45. The largest absolute Gasteiger partial charge is 0.508 e. The van der Waals surface area contributed by atoms with Crippen LogP contribution in [0.15, 0.2) is 35.6 Å². The van der Waals surface area contributed by atoms with Gasteiger partial charge in [-0.2, -0.15) is 0 Å². The summed E-state index contributed by atoms with van der Waals surface area (Å²) in [5.41, 5.74) is 3.53. The van der Waals surface area contributed by atoms with E-state index in [4.69, 9.17) is 0 Å². The van der Waals surface area contributed by atoms with E-state index in [9.17, 15) is 5.11 Å². The Kier molecular flexibility index (Phi) is 4.69. The molecule has 1 saturated heterocycles. The van der Waals surface area contributed by atoms with Gasteiger partial charge in [0.1, 0.15) is 5.75 Å². The molecule has 3 atom stereocenters. The maximum Gasteiger partial charge on any atom is 0.187 e. The van der Waals surface area contributed by atoms with Gasteiger partial charge in [0.15, 0.2) is 5.16 Å². The molecule has 2 aliphatic rings. The molecule has 1 aromatic carbocycles. The second-order valence-electron chi connectivity index (χ2n) is 7.48. The van der Waals surface area contributed by atoms with E-state index in [1.165, 1.54) is 17.5 Å². The molecule has 1 aromatic heterocycles. The van der Waals surface area contributed by atoms with Crippen molar-refractivity contribution in [2.75, 3.05) is 19.3 Å². The molecule has 0 spiro atoms. The molecule has 4 rings (SSSR count). The van der Waals surface area contributed by atoms with Gasteiger partial charge in [-0.1, -0.05) is 23.9 Å². The molecule has 1 aliphatic carbocycles. The molecule has 1 aliphatic heterocycles. The third kappa shape index (κ3) is 3.53. The Morgan fingerprint density at radius 1 is 1.28 bits per heavy atom. The number of aryl methyl sites for hydroxylation is 1. The first-order chi connectivity index (χ1) is 12.1. The van der Waals surface area contributed by atoms with Crippen LogP contribution in [0.4, 0.5) is 0 Å². The number of thioether (sulfide) groups is 1. The van der Waals surface area contributed by atoms with Crippen molar-refractivity contribution in [2.24, 2.45) is 11.8 Å². The van der Waals surface area contributed by atoms with Gasteiger partial charge in [-0.3, -0.25) is 0 Å². The number of piperidine rings is 1. The summed E-state index contributed by atoms with van der Waals surface area (Å²) < 4.78 is 0. The third-order valence-corrected chi connectivity index (χ3v) is 6.75. The van der Waals surface area contributed by atoms with Crippen LogP contribution in [0.3, 0.4) is 0 Å². The molecule has 1 unspecified atom stereocenters. The minimum atomic E-state index is 0.475. The van der Waals surface area contributed by atoms with E-state index in [1.54, 1.807) is 11.8 Å². The molecule has 25 heavy (non-hydrogen) atoms. The van der Waals surface area contributed by atoms with Crippen molar-refractivity contribution >= 4 is 11.8 Å². The van der Waals surface area contributed by atoms with Gasteiger partial charge in [0.25, 0.3) is 0 Å². The molecule has 4 nitrogen and oxygen atoms in total. The number of likely N-dealkylation sites (tertiary alicyclic amines) is 1. The van der Waals surface area contributed by atoms with Crippen molar-refractivity contribution in [1.82, 2.24) is 14.9 Å². The van der Waals surface area contributed by atoms with Crippen molar-refractivity contribution in [3.8, 4) is 5.75 Å². The van der Waals surface area contributed by atoms with Crippen LogP contribution in [0.5, 0.6) is 5.75 Å².